The molecule has 3 nitrogen and oxygen atoms in total. The molecule has 0 unspecified atom stereocenters. The highest BCUT2D eigenvalue weighted by Crippen LogP contribution is 2.18. The monoisotopic (exact) mass is 201 g/mol. The van der Waals surface area contributed by atoms with Crippen molar-refractivity contribution >= 4 is 16.6 Å². The van der Waals surface area contributed by atoms with Crippen LogP contribution in [0.15, 0.2) is 35.6 Å². The maximum absolute atomic E-state index is 4.40. The number of rotatable bonds is 2. The Morgan fingerprint density at radius 1 is 1.27 bits per heavy atom. The molecule has 0 saturated heterocycles. The third kappa shape index (κ3) is 1.86. The number of H-pyrrole nitrogens is 1. The van der Waals surface area contributed by atoms with E-state index < -0.39 is 0 Å². The van der Waals surface area contributed by atoms with Crippen LogP contribution in [-0.4, -0.2) is 29.8 Å². The second-order valence-corrected chi connectivity index (χ2v) is 3.78. The van der Waals surface area contributed by atoms with E-state index in [0.717, 1.165) is 11.2 Å². The van der Waals surface area contributed by atoms with Crippen molar-refractivity contribution in [2.45, 2.75) is 6.92 Å². The fourth-order valence-electron chi connectivity index (χ4n) is 1.72. The molecule has 0 aliphatic heterocycles. The molecule has 0 aliphatic rings. The van der Waals surface area contributed by atoms with Gasteiger partial charge in [-0.05, 0) is 13.0 Å². The molecular weight excluding hydrogens is 186 g/mol. The predicted molar refractivity (Wildman–Crippen MR) is 64.2 cm³/mol. The van der Waals surface area contributed by atoms with Crippen molar-refractivity contribution in [3.8, 4) is 0 Å². The molecule has 2 rings (SSSR count). The number of aromatic amines is 1. The first-order valence-electron chi connectivity index (χ1n) is 4.97. The van der Waals surface area contributed by atoms with Crippen molar-refractivity contribution in [1.82, 2.24) is 9.99 Å². The minimum absolute atomic E-state index is 1.03. The highest BCUT2D eigenvalue weighted by Gasteiger charge is 2.05. The zero-order valence-corrected chi connectivity index (χ0v) is 9.28. The summed E-state index contributed by atoms with van der Waals surface area (Å²) in [6.07, 6.45) is 2.01. The first kappa shape index (κ1) is 9.77. The maximum atomic E-state index is 4.40. The maximum Gasteiger partial charge on any atom is 0.0667 e. The predicted octanol–water partition coefficient (Wildman–Crippen LogP) is 2.45. The summed E-state index contributed by atoms with van der Waals surface area (Å²) < 4.78 is 0. The summed E-state index contributed by atoms with van der Waals surface area (Å²) in [5.41, 5.74) is 3.34. The molecule has 3 heteroatoms. The van der Waals surface area contributed by atoms with Gasteiger partial charge in [0.1, 0.15) is 0 Å². The Bertz CT molecular complexity index is 494. The molecule has 1 heterocycles. The van der Waals surface area contributed by atoms with E-state index >= 15 is 0 Å². The normalized spacial score (nSPS) is 12.1. The van der Waals surface area contributed by atoms with E-state index in [0.29, 0.717) is 0 Å². The molecule has 0 saturated carbocycles. The average Bonchev–Trinajstić information content (AvgIpc) is 2.59. The second kappa shape index (κ2) is 3.77. The van der Waals surface area contributed by atoms with Crippen molar-refractivity contribution in [3.05, 3.63) is 36.0 Å². The third-order valence-corrected chi connectivity index (χ3v) is 2.33. The number of nitrogens with zero attached hydrogens (tertiary/aromatic N) is 2. The number of hydrogen-bond donors (Lipinski definition) is 1. The highest BCUT2D eigenvalue weighted by atomic mass is 15.4. The Morgan fingerprint density at radius 2 is 2.00 bits per heavy atom. The molecule has 0 spiro atoms. The SMILES string of the molecule is C/C(=N\N(C)C)c1c[nH]c2ccccc12. The molecule has 0 aliphatic carbocycles. The van der Waals surface area contributed by atoms with E-state index in [4.69, 9.17) is 0 Å². The Labute approximate surface area is 89.4 Å². The van der Waals surface area contributed by atoms with E-state index in [1.807, 2.05) is 44.4 Å². The second-order valence-electron chi connectivity index (χ2n) is 3.78. The smallest absolute Gasteiger partial charge is 0.0667 e. The average molecular weight is 201 g/mol. The summed E-state index contributed by atoms with van der Waals surface area (Å²) >= 11 is 0. The summed E-state index contributed by atoms with van der Waals surface area (Å²) in [5, 5.41) is 7.44. The molecule has 0 bridgehead atoms. The molecule has 78 valence electrons. The minimum Gasteiger partial charge on any atom is -0.360 e. The summed E-state index contributed by atoms with van der Waals surface area (Å²) in [5.74, 6) is 0. The van der Waals surface area contributed by atoms with Gasteiger partial charge in [-0.25, -0.2) is 0 Å². The zero-order chi connectivity index (χ0) is 10.8. The van der Waals surface area contributed by atoms with Crippen LogP contribution >= 0.6 is 0 Å². The topological polar surface area (TPSA) is 31.4 Å². The molecule has 1 aromatic heterocycles. The summed E-state index contributed by atoms with van der Waals surface area (Å²) in [7, 11) is 3.86. The largest absolute Gasteiger partial charge is 0.360 e. The molecule has 0 radical (unpaired) electrons. The lowest BCUT2D eigenvalue weighted by molar-refractivity contribution is 0.438. The third-order valence-electron chi connectivity index (χ3n) is 2.33. The van der Waals surface area contributed by atoms with Gasteiger partial charge in [0, 0.05) is 36.8 Å². The summed E-state index contributed by atoms with van der Waals surface area (Å²) in [6, 6.07) is 8.25. The van der Waals surface area contributed by atoms with Crippen molar-refractivity contribution in [3.63, 3.8) is 0 Å². The van der Waals surface area contributed by atoms with Crippen LogP contribution < -0.4 is 0 Å². The van der Waals surface area contributed by atoms with Gasteiger partial charge in [0.25, 0.3) is 0 Å². The molecule has 0 fully saturated rings. The molecule has 0 atom stereocenters. The van der Waals surface area contributed by atoms with Crippen LogP contribution in [0.2, 0.25) is 0 Å². The number of nitrogens with one attached hydrogen (secondary N) is 1. The number of benzene rings is 1. The molecule has 0 amide bonds. The lowest BCUT2D eigenvalue weighted by Crippen LogP contribution is -2.06. The van der Waals surface area contributed by atoms with E-state index in [2.05, 4.69) is 22.2 Å². The quantitative estimate of drug-likeness (QED) is 0.587. The Morgan fingerprint density at radius 3 is 2.73 bits per heavy atom. The molecule has 15 heavy (non-hydrogen) atoms. The van der Waals surface area contributed by atoms with Crippen molar-refractivity contribution in [1.29, 1.82) is 0 Å². The van der Waals surface area contributed by atoms with Crippen LogP contribution in [-0.2, 0) is 0 Å². The van der Waals surface area contributed by atoms with Crippen LogP contribution in [0.1, 0.15) is 12.5 Å². The van der Waals surface area contributed by atoms with Crippen molar-refractivity contribution in [2.75, 3.05) is 14.1 Å². The van der Waals surface area contributed by atoms with Gasteiger partial charge in [0.2, 0.25) is 0 Å². The van der Waals surface area contributed by atoms with Gasteiger partial charge < -0.3 is 9.99 Å². The zero-order valence-electron chi connectivity index (χ0n) is 9.28. The summed E-state index contributed by atoms with van der Waals surface area (Å²) in [6.45, 7) is 2.02. The molecule has 1 N–H and O–H groups in total. The van der Waals surface area contributed by atoms with Crippen molar-refractivity contribution in [2.24, 2.45) is 5.10 Å². The van der Waals surface area contributed by atoms with Gasteiger partial charge in [-0.3, -0.25) is 0 Å². The first-order valence-corrected chi connectivity index (χ1v) is 4.97. The highest BCUT2D eigenvalue weighted by molar-refractivity contribution is 6.09. The Kier molecular flexibility index (Phi) is 2.46. The van der Waals surface area contributed by atoms with Crippen LogP contribution in [0.25, 0.3) is 10.9 Å². The molecule has 2 aromatic rings. The van der Waals surface area contributed by atoms with Gasteiger partial charge in [0.05, 0.1) is 5.71 Å². The lowest BCUT2D eigenvalue weighted by atomic mass is 10.1. The fraction of sp³-hybridized carbons (Fsp3) is 0.250. The van der Waals surface area contributed by atoms with E-state index in [1.165, 1.54) is 10.9 Å². The van der Waals surface area contributed by atoms with E-state index in [-0.39, 0.29) is 0 Å². The van der Waals surface area contributed by atoms with Gasteiger partial charge in [-0.15, -0.1) is 0 Å². The number of aromatic nitrogens is 1. The van der Waals surface area contributed by atoms with Crippen LogP contribution in [0.5, 0.6) is 0 Å². The van der Waals surface area contributed by atoms with Gasteiger partial charge in [0.15, 0.2) is 0 Å². The Hall–Kier alpha value is -1.77. The van der Waals surface area contributed by atoms with Gasteiger partial charge in [-0.2, -0.15) is 5.10 Å². The number of fused-ring (bicyclic) bond motifs is 1. The Balaban J connectivity index is 2.53. The standard InChI is InChI=1S/C12H15N3/c1-9(14-15(2)3)11-8-13-12-7-5-4-6-10(11)12/h4-8,13H,1-3H3/b14-9+. The fourth-order valence-corrected chi connectivity index (χ4v) is 1.72. The number of hydrogen-bond acceptors (Lipinski definition) is 2. The van der Waals surface area contributed by atoms with Crippen LogP contribution in [0, 0.1) is 0 Å². The van der Waals surface area contributed by atoms with E-state index in [9.17, 15) is 0 Å². The molecule has 1 aromatic carbocycles. The first-order chi connectivity index (χ1) is 7.18. The molecular formula is C12H15N3. The number of para-hydroxylation sites is 1. The van der Waals surface area contributed by atoms with Crippen LogP contribution in [0.3, 0.4) is 0 Å². The van der Waals surface area contributed by atoms with Gasteiger partial charge in [-0.1, -0.05) is 18.2 Å². The summed E-state index contributed by atoms with van der Waals surface area (Å²) in [4.78, 5) is 3.24. The lowest BCUT2D eigenvalue weighted by Gasteiger charge is -2.06. The van der Waals surface area contributed by atoms with E-state index in [1.54, 1.807) is 0 Å². The minimum atomic E-state index is 1.03. The van der Waals surface area contributed by atoms with Gasteiger partial charge >= 0.3 is 0 Å². The van der Waals surface area contributed by atoms with Crippen LogP contribution in [0.4, 0.5) is 0 Å². The van der Waals surface area contributed by atoms with Crippen molar-refractivity contribution < 1.29 is 0 Å². The number of hydrazone groups is 1.